The zero-order valence-corrected chi connectivity index (χ0v) is 11.3. The van der Waals surface area contributed by atoms with Crippen LogP contribution < -0.4 is 11.1 Å². The summed E-state index contributed by atoms with van der Waals surface area (Å²) in [5.41, 5.74) is 10.8. The normalized spacial score (nSPS) is 10.3. The summed E-state index contributed by atoms with van der Waals surface area (Å²) in [5, 5.41) is 2.86. The number of anilines is 2. The maximum Gasteiger partial charge on any atom is 0.257 e. The second-order valence-corrected chi connectivity index (χ2v) is 4.73. The van der Waals surface area contributed by atoms with Gasteiger partial charge in [-0.15, -0.1) is 0 Å². The second-order valence-electron chi connectivity index (χ2n) is 4.73. The van der Waals surface area contributed by atoms with Gasteiger partial charge in [0.15, 0.2) is 0 Å². The number of nitrogen functional groups attached to an aromatic ring is 1. The molecule has 2 aromatic rings. The zero-order valence-electron chi connectivity index (χ0n) is 11.3. The summed E-state index contributed by atoms with van der Waals surface area (Å²) >= 11 is 0. The Hall–Kier alpha value is -2.36. The fourth-order valence-electron chi connectivity index (χ4n) is 1.88. The molecule has 98 valence electrons. The third kappa shape index (κ3) is 2.91. The lowest BCUT2D eigenvalue weighted by molar-refractivity contribution is 0.102. The van der Waals surface area contributed by atoms with Gasteiger partial charge in [0.1, 0.15) is 0 Å². The second kappa shape index (κ2) is 5.10. The molecule has 3 N–H and O–H groups in total. The van der Waals surface area contributed by atoms with Crippen molar-refractivity contribution < 1.29 is 4.79 Å². The van der Waals surface area contributed by atoms with Crippen LogP contribution >= 0.6 is 0 Å². The number of carbonyl (C=O) groups is 1. The Bertz CT molecular complexity index is 635. The molecule has 0 aliphatic rings. The predicted molar refractivity (Wildman–Crippen MR) is 77.3 cm³/mol. The molecule has 1 amide bonds. The van der Waals surface area contributed by atoms with Crippen molar-refractivity contribution in [1.82, 2.24) is 4.98 Å². The van der Waals surface area contributed by atoms with E-state index in [0.717, 1.165) is 22.4 Å². The number of aromatic nitrogens is 1. The quantitative estimate of drug-likeness (QED) is 0.811. The molecule has 0 saturated heterocycles. The number of nitrogens with zero attached hydrogens (tertiary/aromatic N) is 1. The lowest BCUT2D eigenvalue weighted by Crippen LogP contribution is -2.13. The minimum atomic E-state index is -0.178. The molecular formula is C15H17N3O. The van der Waals surface area contributed by atoms with Crippen molar-refractivity contribution in [2.45, 2.75) is 20.8 Å². The minimum absolute atomic E-state index is 0.178. The van der Waals surface area contributed by atoms with Gasteiger partial charge in [0, 0.05) is 23.8 Å². The SMILES string of the molecule is Cc1cncc(C(=O)Nc2cc(N)c(C)cc2C)c1. The Morgan fingerprint density at radius 3 is 2.53 bits per heavy atom. The zero-order chi connectivity index (χ0) is 14.0. The van der Waals surface area contributed by atoms with Crippen LogP contribution in [0.5, 0.6) is 0 Å². The first-order valence-corrected chi connectivity index (χ1v) is 6.07. The van der Waals surface area contributed by atoms with Crippen LogP contribution in [0, 0.1) is 20.8 Å². The fourth-order valence-corrected chi connectivity index (χ4v) is 1.88. The Kier molecular flexibility index (Phi) is 3.51. The van der Waals surface area contributed by atoms with Crippen LogP contribution in [-0.2, 0) is 0 Å². The van der Waals surface area contributed by atoms with Gasteiger partial charge in [0.25, 0.3) is 5.91 Å². The van der Waals surface area contributed by atoms with Crippen LogP contribution in [0.15, 0.2) is 30.6 Å². The van der Waals surface area contributed by atoms with Gasteiger partial charge >= 0.3 is 0 Å². The van der Waals surface area contributed by atoms with Crippen molar-refractivity contribution in [3.63, 3.8) is 0 Å². The van der Waals surface area contributed by atoms with Crippen molar-refractivity contribution in [3.8, 4) is 0 Å². The first-order chi connectivity index (χ1) is 8.97. The van der Waals surface area contributed by atoms with E-state index in [1.54, 1.807) is 24.5 Å². The minimum Gasteiger partial charge on any atom is -0.398 e. The average Bonchev–Trinajstić information content (AvgIpc) is 2.36. The highest BCUT2D eigenvalue weighted by Gasteiger charge is 2.09. The molecule has 0 bridgehead atoms. The Labute approximate surface area is 112 Å². The number of hydrogen-bond acceptors (Lipinski definition) is 3. The molecule has 0 unspecified atom stereocenters. The molecule has 0 aliphatic carbocycles. The maximum atomic E-state index is 12.1. The highest BCUT2D eigenvalue weighted by atomic mass is 16.1. The molecule has 0 spiro atoms. The standard InChI is InChI=1S/C15H17N3O/c1-9-4-12(8-17-7-9)15(19)18-14-6-13(16)10(2)5-11(14)3/h4-8H,16H2,1-3H3,(H,18,19). The Balaban J connectivity index is 2.27. The molecule has 1 heterocycles. The number of amides is 1. The lowest BCUT2D eigenvalue weighted by atomic mass is 10.1. The van der Waals surface area contributed by atoms with Gasteiger partial charge < -0.3 is 11.1 Å². The largest absolute Gasteiger partial charge is 0.398 e. The number of pyridine rings is 1. The van der Waals surface area contributed by atoms with Gasteiger partial charge in [-0.3, -0.25) is 9.78 Å². The van der Waals surface area contributed by atoms with Crippen molar-refractivity contribution >= 4 is 17.3 Å². The molecule has 0 saturated carbocycles. The van der Waals surface area contributed by atoms with Crippen molar-refractivity contribution in [1.29, 1.82) is 0 Å². The number of benzene rings is 1. The third-order valence-electron chi connectivity index (χ3n) is 3.00. The molecule has 19 heavy (non-hydrogen) atoms. The smallest absolute Gasteiger partial charge is 0.257 e. The highest BCUT2D eigenvalue weighted by molar-refractivity contribution is 6.04. The van der Waals surface area contributed by atoms with Crippen LogP contribution in [-0.4, -0.2) is 10.9 Å². The van der Waals surface area contributed by atoms with Crippen molar-refractivity contribution in [2.75, 3.05) is 11.1 Å². The van der Waals surface area contributed by atoms with Gasteiger partial charge in [0.2, 0.25) is 0 Å². The van der Waals surface area contributed by atoms with Gasteiger partial charge in [0.05, 0.1) is 5.56 Å². The van der Waals surface area contributed by atoms with Gasteiger partial charge in [-0.2, -0.15) is 0 Å². The number of nitrogens with one attached hydrogen (secondary N) is 1. The molecule has 4 heteroatoms. The van der Waals surface area contributed by atoms with E-state index in [9.17, 15) is 4.79 Å². The fraction of sp³-hybridized carbons (Fsp3) is 0.200. The van der Waals surface area contributed by atoms with Gasteiger partial charge in [-0.05, 0) is 49.6 Å². The predicted octanol–water partition coefficient (Wildman–Crippen LogP) is 2.84. The molecule has 0 aliphatic heterocycles. The first kappa shape index (κ1) is 13.1. The molecule has 0 radical (unpaired) electrons. The Morgan fingerprint density at radius 2 is 1.84 bits per heavy atom. The summed E-state index contributed by atoms with van der Waals surface area (Å²) in [4.78, 5) is 16.1. The maximum absolute atomic E-state index is 12.1. The summed E-state index contributed by atoms with van der Waals surface area (Å²) in [6, 6.07) is 5.54. The molecule has 1 aromatic carbocycles. The topological polar surface area (TPSA) is 68.0 Å². The number of nitrogens with two attached hydrogens (primary N) is 1. The summed E-state index contributed by atoms with van der Waals surface area (Å²) in [6.45, 7) is 5.79. The number of carbonyl (C=O) groups excluding carboxylic acids is 1. The van der Waals surface area contributed by atoms with E-state index in [4.69, 9.17) is 5.73 Å². The van der Waals surface area contributed by atoms with E-state index in [1.165, 1.54) is 0 Å². The van der Waals surface area contributed by atoms with Gasteiger partial charge in [-0.25, -0.2) is 0 Å². The monoisotopic (exact) mass is 255 g/mol. The average molecular weight is 255 g/mol. The first-order valence-electron chi connectivity index (χ1n) is 6.07. The number of aryl methyl sites for hydroxylation is 3. The molecule has 0 atom stereocenters. The van der Waals surface area contributed by atoms with E-state index in [0.29, 0.717) is 11.3 Å². The highest BCUT2D eigenvalue weighted by Crippen LogP contribution is 2.22. The van der Waals surface area contributed by atoms with E-state index < -0.39 is 0 Å². The van der Waals surface area contributed by atoms with E-state index in [1.807, 2.05) is 26.8 Å². The summed E-state index contributed by atoms with van der Waals surface area (Å²) in [6.07, 6.45) is 3.26. The van der Waals surface area contributed by atoms with Crippen LogP contribution in [0.3, 0.4) is 0 Å². The van der Waals surface area contributed by atoms with E-state index in [2.05, 4.69) is 10.3 Å². The lowest BCUT2D eigenvalue weighted by Gasteiger charge is -2.11. The summed E-state index contributed by atoms with van der Waals surface area (Å²) in [7, 11) is 0. The van der Waals surface area contributed by atoms with Crippen LogP contribution in [0.1, 0.15) is 27.0 Å². The molecular weight excluding hydrogens is 238 g/mol. The van der Waals surface area contributed by atoms with Crippen molar-refractivity contribution in [2.24, 2.45) is 0 Å². The molecule has 0 fully saturated rings. The molecule has 2 rings (SSSR count). The summed E-state index contributed by atoms with van der Waals surface area (Å²) in [5.74, 6) is -0.178. The molecule has 4 nitrogen and oxygen atoms in total. The molecule has 1 aromatic heterocycles. The van der Waals surface area contributed by atoms with E-state index >= 15 is 0 Å². The van der Waals surface area contributed by atoms with Crippen LogP contribution in [0.4, 0.5) is 11.4 Å². The van der Waals surface area contributed by atoms with Crippen LogP contribution in [0.2, 0.25) is 0 Å². The Morgan fingerprint density at radius 1 is 1.11 bits per heavy atom. The number of rotatable bonds is 2. The third-order valence-corrected chi connectivity index (χ3v) is 3.00. The number of hydrogen-bond donors (Lipinski definition) is 2. The summed E-state index contributed by atoms with van der Waals surface area (Å²) < 4.78 is 0. The van der Waals surface area contributed by atoms with E-state index in [-0.39, 0.29) is 5.91 Å². The van der Waals surface area contributed by atoms with Gasteiger partial charge in [-0.1, -0.05) is 6.07 Å². The van der Waals surface area contributed by atoms with Crippen LogP contribution in [0.25, 0.3) is 0 Å². The van der Waals surface area contributed by atoms with Crippen molar-refractivity contribution in [3.05, 3.63) is 52.8 Å².